The van der Waals surface area contributed by atoms with Gasteiger partial charge >= 0.3 is 0 Å². The summed E-state index contributed by atoms with van der Waals surface area (Å²) in [6, 6.07) is 7.27. The maximum absolute atomic E-state index is 13.0. The van der Waals surface area contributed by atoms with Crippen molar-refractivity contribution in [3.63, 3.8) is 0 Å². The zero-order valence-electron chi connectivity index (χ0n) is 21.7. The highest BCUT2D eigenvalue weighted by Crippen LogP contribution is 2.42. The highest BCUT2D eigenvalue weighted by Gasteiger charge is 2.31. The maximum Gasteiger partial charge on any atom is 0.253 e. The van der Waals surface area contributed by atoms with E-state index in [0.717, 1.165) is 37.9 Å². The van der Waals surface area contributed by atoms with Crippen molar-refractivity contribution in [3.05, 3.63) is 46.1 Å². The second-order valence-electron chi connectivity index (χ2n) is 9.48. The first-order chi connectivity index (χ1) is 17.7. The molecule has 37 heavy (non-hydrogen) atoms. The summed E-state index contributed by atoms with van der Waals surface area (Å²) >= 11 is 3.02. The number of nitrogens with zero attached hydrogens (tertiary/aromatic N) is 4. The largest absolute Gasteiger partial charge is 0.497 e. The Kier molecular flexibility index (Phi) is 6.86. The third-order valence-corrected chi connectivity index (χ3v) is 8.18. The van der Waals surface area contributed by atoms with Gasteiger partial charge in [0.2, 0.25) is 5.91 Å². The molecule has 0 unspecified atom stereocenters. The molecule has 0 saturated carbocycles. The lowest BCUT2D eigenvalue weighted by atomic mass is 9.95. The van der Waals surface area contributed by atoms with Crippen LogP contribution in [0.3, 0.4) is 0 Å². The second-order valence-corrected chi connectivity index (χ2v) is 11.5. The average Bonchev–Trinajstić information content (AvgIpc) is 3.40. The summed E-state index contributed by atoms with van der Waals surface area (Å²) in [6.45, 7) is 8.64. The van der Waals surface area contributed by atoms with Gasteiger partial charge in [0.05, 0.1) is 43.6 Å². The van der Waals surface area contributed by atoms with E-state index >= 15 is 0 Å². The Balaban J connectivity index is 1.48. The van der Waals surface area contributed by atoms with Crippen molar-refractivity contribution in [1.29, 1.82) is 0 Å². The molecule has 1 N–H and O–H groups in total. The SMILES string of the molecule is COc1ccc(NC(=O)CSc2nc(-n3nc(C)cc3C)nc3sc4c(c23)CC(C)(C)OC4)c(OC)c1. The highest BCUT2D eigenvalue weighted by atomic mass is 32.2. The molecule has 3 aromatic heterocycles. The van der Waals surface area contributed by atoms with Crippen LogP contribution < -0.4 is 14.8 Å². The summed E-state index contributed by atoms with van der Waals surface area (Å²) in [6.07, 6.45) is 0.758. The Labute approximate surface area is 223 Å². The Bertz CT molecular complexity index is 1490. The number of amides is 1. The van der Waals surface area contributed by atoms with Gasteiger partial charge in [0.1, 0.15) is 21.4 Å². The van der Waals surface area contributed by atoms with E-state index in [1.165, 1.54) is 17.3 Å². The fourth-order valence-corrected chi connectivity index (χ4v) is 6.37. The maximum atomic E-state index is 13.0. The van der Waals surface area contributed by atoms with Gasteiger partial charge in [-0.3, -0.25) is 4.79 Å². The molecular weight excluding hydrogens is 510 g/mol. The number of rotatable bonds is 7. The number of benzene rings is 1. The van der Waals surface area contributed by atoms with Gasteiger partial charge < -0.3 is 19.5 Å². The number of thiophene rings is 1. The van der Waals surface area contributed by atoms with Crippen LogP contribution in [-0.2, 0) is 22.6 Å². The molecule has 1 aromatic carbocycles. The highest BCUT2D eigenvalue weighted by molar-refractivity contribution is 8.00. The molecule has 194 valence electrons. The van der Waals surface area contributed by atoms with E-state index in [1.807, 2.05) is 19.9 Å². The third kappa shape index (κ3) is 5.16. The number of anilines is 1. The minimum Gasteiger partial charge on any atom is -0.497 e. The van der Waals surface area contributed by atoms with E-state index in [2.05, 4.69) is 24.3 Å². The Morgan fingerprint density at radius 2 is 2.03 bits per heavy atom. The fourth-order valence-electron chi connectivity index (χ4n) is 4.35. The van der Waals surface area contributed by atoms with Crippen LogP contribution in [0.4, 0.5) is 5.69 Å². The van der Waals surface area contributed by atoms with Crippen LogP contribution >= 0.6 is 23.1 Å². The number of hydrogen-bond acceptors (Lipinski definition) is 9. The van der Waals surface area contributed by atoms with Gasteiger partial charge in [-0.1, -0.05) is 11.8 Å². The zero-order chi connectivity index (χ0) is 26.3. The second kappa shape index (κ2) is 9.96. The topological polar surface area (TPSA) is 100 Å². The van der Waals surface area contributed by atoms with Crippen molar-refractivity contribution >= 4 is 44.9 Å². The summed E-state index contributed by atoms with van der Waals surface area (Å²) in [5, 5.41) is 9.28. The van der Waals surface area contributed by atoms with Crippen molar-refractivity contribution in [3.8, 4) is 17.4 Å². The number of methoxy groups -OCH3 is 2. The monoisotopic (exact) mass is 539 g/mol. The van der Waals surface area contributed by atoms with Gasteiger partial charge in [-0.25, -0.2) is 9.67 Å². The van der Waals surface area contributed by atoms with Gasteiger partial charge in [0.15, 0.2) is 0 Å². The first-order valence-corrected chi connectivity index (χ1v) is 13.6. The predicted octanol–water partition coefficient (Wildman–Crippen LogP) is 5.09. The number of carbonyl (C=O) groups is 1. The molecule has 0 aliphatic carbocycles. The van der Waals surface area contributed by atoms with E-state index in [4.69, 9.17) is 24.2 Å². The first kappa shape index (κ1) is 25.5. The molecule has 0 bridgehead atoms. The quantitative estimate of drug-likeness (QED) is 0.256. The number of fused-ring (bicyclic) bond motifs is 3. The molecule has 5 rings (SSSR count). The molecule has 1 amide bonds. The van der Waals surface area contributed by atoms with Gasteiger partial charge in [-0.05, 0) is 51.5 Å². The average molecular weight is 540 g/mol. The Morgan fingerprint density at radius 3 is 2.73 bits per heavy atom. The number of ether oxygens (including phenoxy) is 3. The van der Waals surface area contributed by atoms with Crippen LogP contribution in [0.15, 0.2) is 29.3 Å². The van der Waals surface area contributed by atoms with Gasteiger partial charge in [0.25, 0.3) is 5.95 Å². The third-order valence-electron chi connectivity index (χ3n) is 6.11. The summed E-state index contributed by atoms with van der Waals surface area (Å²) in [4.78, 5) is 24.8. The number of aryl methyl sites for hydroxylation is 2. The molecule has 11 heteroatoms. The summed E-state index contributed by atoms with van der Waals surface area (Å²) in [5.41, 5.74) is 3.35. The minimum absolute atomic E-state index is 0.166. The molecule has 9 nitrogen and oxygen atoms in total. The van der Waals surface area contributed by atoms with Crippen LogP contribution in [0.25, 0.3) is 16.2 Å². The van der Waals surface area contributed by atoms with Crippen molar-refractivity contribution in [1.82, 2.24) is 19.7 Å². The van der Waals surface area contributed by atoms with E-state index in [1.54, 1.807) is 48.4 Å². The van der Waals surface area contributed by atoms with Crippen molar-refractivity contribution in [2.45, 2.75) is 51.3 Å². The molecule has 0 atom stereocenters. The van der Waals surface area contributed by atoms with Crippen LogP contribution in [0.1, 0.15) is 35.7 Å². The van der Waals surface area contributed by atoms with E-state index in [9.17, 15) is 4.79 Å². The predicted molar refractivity (Wildman–Crippen MR) is 145 cm³/mol. The normalized spacial score (nSPS) is 14.4. The number of aromatic nitrogens is 4. The van der Waals surface area contributed by atoms with Crippen LogP contribution in [0.5, 0.6) is 11.5 Å². The van der Waals surface area contributed by atoms with Crippen molar-refractivity contribution in [2.75, 3.05) is 25.3 Å². The zero-order valence-corrected chi connectivity index (χ0v) is 23.3. The molecule has 0 saturated heterocycles. The summed E-state index contributed by atoms with van der Waals surface area (Å²) in [7, 11) is 3.14. The molecule has 0 fully saturated rings. The van der Waals surface area contributed by atoms with Crippen molar-refractivity contribution in [2.24, 2.45) is 0 Å². The van der Waals surface area contributed by atoms with Gasteiger partial charge in [-0.15, -0.1) is 11.3 Å². The van der Waals surface area contributed by atoms with E-state index in [-0.39, 0.29) is 17.3 Å². The lowest BCUT2D eigenvalue weighted by molar-refractivity contribution is -0.113. The fraction of sp³-hybridized carbons (Fsp3) is 0.385. The number of carbonyl (C=O) groups excluding carboxylic acids is 1. The minimum atomic E-state index is -0.278. The number of nitrogens with one attached hydrogen (secondary N) is 1. The van der Waals surface area contributed by atoms with E-state index in [0.29, 0.717) is 29.7 Å². The van der Waals surface area contributed by atoms with Crippen LogP contribution in [0.2, 0.25) is 0 Å². The first-order valence-electron chi connectivity index (χ1n) is 11.8. The molecule has 4 heterocycles. The standard InChI is InChI=1S/C26H29N5O4S2/c1-14-9-15(2)31(30-14)25-28-23(22-17-11-26(3,4)35-12-20(17)37-24(22)29-25)36-13-21(32)27-18-8-7-16(33-5)10-19(18)34-6/h7-10H,11-13H2,1-6H3,(H,27,32). The van der Waals surface area contributed by atoms with Crippen LogP contribution in [-0.4, -0.2) is 51.2 Å². The molecule has 0 spiro atoms. The Morgan fingerprint density at radius 1 is 1.22 bits per heavy atom. The lowest BCUT2D eigenvalue weighted by Gasteiger charge is -2.30. The molecule has 0 radical (unpaired) electrons. The number of hydrogen-bond donors (Lipinski definition) is 1. The number of thioether (sulfide) groups is 1. The van der Waals surface area contributed by atoms with Gasteiger partial charge in [-0.2, -0.15) is 10.1 Å². The molecule has 1 aliphatic heterocycles. The van der Waals surface area contributed by atoms with Crippen LogP contribution in [0, 0.1) is 13.8 Å². The Hall–Kier alpha value is -3.15. The van der Waals surface area contributed by atoms with E-state index < -0.39 is 0 Å². The lowest BCUT2D eigenvalue weighted by Crippen LogP contribution is -2.31. The summed E-state index contributed by atoms with van der Waals surface area (Å²) in [5.74, 6) is 1.68. The molecule has 1 aliphatic rings. The molecule has 4 aromatic rings. The van der Waals surface area contributed by atoms with Crippen molar-refractivity contribution < 1.29 is 19.0 Å². The summed E-state index contributed by atoms with van der Waals surface area (Å²) < 4.78 is 18.5. The van der Waals surface area contributed by atoms with Gasteiger partial charge in [0, 0.05) is 28.4 Å². The smallest absolute Gasteiger partial charge is 0.253 e. The molecular formula is C26H29N5O4S2.